The molecule has 6 nitrogen and oxygen atoms in total. The fraction of sp³-hybridized carbons (Fsp3) is 0.400. The second-order valence-electron chi connectivity index (χ2n) is 3.90. The minimum absolute atomic E-state index is 0.139. The van der Waals surface area contributed by atoms with E-state index in [-0.39, 0.29) is 23.8 Å². The van der Waals surface area contributed by atoms with E-state index in [0.29, 0.717) is 11.5 Å². The quantitative estimate of drug-likeness (QED) is 0.662. The van der Waals surface area contributed by atoms with Crippen molar-refractivity contribution in [2.24, 2.45) is 15.9 Å². The number of carbonyl (C=O) groups excluding carboxylic acids is 2. The van der Waals surface area contributed by atoms with Crippen molar-refractivity contribution in [1.82, 2.24) is 10.6 Å². The van der Waals surface area contributed by atoms with Gasteiger partial charge in [0.1, 0.15) is 23.9 Å². The van der Waals surface area contributed by atoms with E-state index in [9.17, 15) is 9.59 Å². The van der Waals surface area contributed by atoms with Crippen LogP contribution < -0.4 is 10.6 Å². The number of rotatable bonds is 2. The largest absolute Gasteiger partial charge is 0.312 e. The number of hydrogen-bond donors (Lipinski definition) is 2. The first-order valence-electron chi connectivity index (χ1n) is 5.01. The van der Waals surface area contributed by atoms with Crippen LogP contribution in [0.5, 0.6) is 0 Å². The molecule has 1 unspecified atom stereocenters. The monoisotopic (exact) mass is 220 g/mol. The van der Waals surface area contributed by atoms with Crippen molar-refractivity contribution in [3.05, 3.63) is 11.9 Å². The van der Waals surface area contributed by atoms with E-state index in [2.05, 4.69) is 20.6 Å². The molecule has 6 heteroatoms. The molecule has 2 amide bonds. The molecule has 0 spiro atoms. The SMILES string of the molecule is CC(C)C(=O)NC1=CC2N=CN=C2C(=O)N1. The Morgan fingerprint density at radius 3 is 3.00 bits per heavy atom. The normalized spacial score (nSPS) is 22.4. The molecule has 2 heterocycles. The van der Waals surface area contributed by atoms with Gasteiger partial charge in [-0.15, -0.1) is 0 Å². The van der Waals surface area contributed by atoms with E-state index in [4.69, 9.17) is 0 Å². The van der Waals surface area contributed by atoms with Crippen molar-refractivity contribution >= 4 is 23.9 Å². The second kappa shape index (κ2) is 3.88. The highest BCUT2D eigenvalue weighted by Crippen LogP contribution is 2.10. The third-order valence-corrected chi connectivity index (χ3v) is 2.29. The maximum absolute atomic E-state index is 11.5. The van der Waals surface area contributed by atoms with Gasteiger partial charge in [0.25, 0.3) is 5.91 Å². The molecule has 2 rings (SSSR count). The molecular formula is C10H12N4O2. The molecule has 0 saturated heterocycles. The third-order valence-electron chi connectivity index (χ3n) is 2.29. The van der Waals surface area contributed by atoms with Gasteiger partial charge >= 0.3 is 0 Å². The summed E-state index contributed by atoms with van der Waals surface area (Å²) < 4.78 is 0. The van der Waals surface area contributed by atoms with E-state index < -0.39 is 0 Å². The van der Waals surface area contributed by atoms with Gasteiger partial charge in [0.15, 0.2) is 0 Å². The average Bonchev–Trinajstić information content (AvgIpc) is 2.65. The molecule has 16 heavy (non-hydrogen) atoms. The summed E-state index contributed by atoms with van der Waals surface area (Å²) in [6.07, 6.45) is 3.02. The minimum Gasteiger partial charge on any atom is -0.312 e. The number of hydrogen-bond acceptors (Lipinski definition) is 4. The molecule has 2 N–H and O–H groups in total. The number of carbonyl (C=O) groups is 2. The van der Waals surface area contributed by atoms with E-state index in [1.54, 1.807) is 19.9 Å². The zero-order valence-corrected chi connectivity index (χ0v) is 9.02. The Morgan fingerprint density at radius 2 is 2.31 bits per heavy atom. The number of aliphatic imine (C=N–C) groups is 2. The first-order chi connectivity index (χ1) is 7.58. The van der Waals surface area contributed by atoms with Crippen LogP contribution in [0.15, 0.2) is 21.9 Å². The average molecular weight is 220 g/mol. The van der Waals surface area contributed by atoms with Crippen LogP contribution in [0.4, 0.5) is 0 Å². The van der Waals surface area contributed by atoms with Gasteiger partial charge < -0.3 is 10.6 Å². The zero-order chi connectivity index (χ0) is 11.7. The van der Waals surface area contributed by atoms with Crippen molar-refractivity contribution in [1.29, 1.82) is 0 Å². The number of nitrogens with zero attached hydrogens (tertiary/aromatic N) is 2. The molecule has 0 aromatic rings. The zero-order valence-electron chi connectivity index (χ0n) is 9.02. The summed E-state index contributed by atoms with van der Waals surface area (Å²) in [7, 11) is 0. The summed E-state index contributed by atoms with van der Waals surface area (Å²) in [5, 5.41) is 5.18. The highest BCUT2D eigenvalue weighted by Gasteiger charge is 2.29. The van der Waals surface area contributed by atoms with Crippen molar-refractivity contribution in [3.63, 3.8) is 0 Å². The lowest BCUT2D eigenvalue weighted by molar-refractivity contribution is -0.123. The molecular weight excluding hydrogens is 208 g/mol. The fourth-order valence-electron chi connectivity index (χ4n) is 1.37. The minimum atomic E-state index is -0.365. The maximum atomic E-state index is 11.5. The van der Waals surface area contributed by atoms with Crippen molar-refractivity contribution in [2.45, 2.75) is 19.9 Å². The van der Waals surface area contributed by atoms with Gasteiger partial charge in [-0.2, -0.15) is 0 Å². The number of fused-ring (bicyclic) bond motifs is 1. The first-order valence-corrected chi connectivity index (χ1v) is 5.01. The molecule has 0 saturated carbocycles. The lowest BCUT2D eigenvalue weighted by Gasteiger charge is -2.19. The van der Waals surface area contributed by atoms with E-state index in [1.807, 2.05) is 0 Å². The molecule has 0 bridgehead atoms. The van der Waals surface area contributed by atoms with Gasteiger partial charge in [-0.3, -0.25) is 14.6 Å². The van der Waals surface area contributed by atoms with Gasteiger partial charge in [0.2, 0.25) is 5.91 Å². The summed E-state index contributed by atoms with van der Waals surface area (Å²) in [5.41, 5.74) is 0.363. The van der Waals surface area contributed by atoms with Crippen LogP contribution in [0.2, 0.25) is 0 Å². The highest BCUT2D eigenvalue weighted by atomic mass is 16.2. The summed E-state index contributed by atoms with van der Waals surface area (Å²) in [5.74, 6) is -0.218. The molecule has 2 aliphatic heterocycles. The number of amides is 2. The van der Waals surface area contributed by atoms with E-state index in [1.165, 1.54) is 6.34 Å². The summed E-state index contributed by atoms with van der Waals surface area (Å²) in [4.78, 5) is 30.8. The maximum Gasteiger partial charge on any atom is 0.273 e. The lowest BCUT2D eigenvalue weighted by Crippen LogP contribution is -2.46. The number of nitrogens with one attached hydrogen (secondary N) is 2. The van der Waals surface area contributed by atoms with Crippen LogP contribution in [-0.2, 0) is 9.59 Å². The topological polar surface area (TPSA) is 82.9 Å². The Bertz CT molecular complexity index is 434. The van der Waals surface area contributed by atoms with Crippen LogP contribution in [-0.4, -0.2) is 29.9 Å². The summed E-state index contributed by atoms with van der Waals surface area (Å²) in [6, 6.07) is -0.365. The smallest absolute Gasteiger partial charge is 0.273 e. The summed E-state index contributed by atoms with van der Waals surface area (Å²) in [6.45, 7) is 3.56. The Hall–Kier alpha value is -1.98. The third kappa shape index (κ3) is 1.86. The van der Waals surface area contributed by atoms with Crippen LogP contribution >= 0.6 is 0 Å². The van der Waals surface area contributed by atoms with Gasteiger partial charge in [-0.25, -0.2) is 4.99 Å². The van der Waals surface area contributed by atoms with Crippen LogP contribution in [0.3, 0.4) is 0 Å². The van der Waals surface area contributed by atoms with Crippen molar-refractivity contribution in [3.8, 4) is 0 Å². The van der Waals surface area contributed by atoms with Gasteiger partial charge in [0.05, 0.1) is 0 Å². The van der Waals surface area contributed by atoms with Crippen LogP contribution in [0.1, 0.15) is 13.8 Å². The molecule has 0 aromatic carbocycles. The predicted molar refractivity (Wildman–Crippen MR) is 58.9 cm³/mol. The second-order valence-corrected chi connectivity index (χ2v) is 3.90. The van der Waals surface area contributed by atoms with Crippen LogP contribution in [0, 0.1) is 5.92 Å². The molecule has 0 radical (unpaired) electrons. The Kier molecular flexibility index (Phi) is 2.55. The van der Waals surface area contributed by atoms with Gasteiger partial charge in [-0.1, -0.05) is 13.8 Å². The van der Waals surface area contributed by atoms with E-state index in [0.717, 1.165) is 0 Å². The molecule has 2 aliphatic rings. The Balaban J connectivity index is 2.13. The van der Waals surface area contributed by atoms with Gasteiger partial charge in [-0.05, 0) is 6.08 Å². The van der Waals surface area contributed by atoms with Crippen molar-refractivity contribution in [2.75, 3.05) is 0 Å². The molecule has 0 fully saturated rings. The molecule has 0 aliphatic carbocycles. The van der Waals surface area contributed by atoms with Gasteiger partial charge in [0, 0.05) is 5.92 Å². The molecule has 0 aromatic heterocycles. The highest BCUT2D eigenvalue weighted by molar-refractivity contribution is 6.44. The summed E-state index contributed by atoms with van der Waals surface area (Å²) >= 11 is 0. The lowest BCUT2D eigenvalue weighted by atomic mass is 10.1. The molecule has 1 atom stereocenters. The first kappa shape index (κ1) is 10.5. The Labute approximate surface area is 92.5 Å². The predicted octanol–water partition coefficient (Wildman–Crippen LogP) is -0.419. The molecule has 84 valence electrons. The standard InChI is InChI=1S/C10H12N4O2/c1-5(2)9(15)13-7-3-6-8(10(16)14-7)12-4-11-6/h3-6H,1-2H3,(H,13,15)(H,14,16). The Morgan fingerprint density at radius 1 is 1.56 bits per heavy atom. The van der Waals surface area contributed by atoms with E-state index >= 15 is 0 Å². The van der Waals surface area contributed by atoms with Crippen molar-refractivity contribution < 1.29 is 9.59 Å². The fourth-order valence-corrected chi connectivity index (χ4v) is 1.37. The van der Waals surface area contributed by atoms with Crippen LogP contribution in [0.25, 0.3) is 0 Å².